The predicted octanol–water partition coefficient (Wildman–Crippen LogP) is 0.865. The van der Waals surface area contributed by atoms with E-state index in [0.717, 1.165) is 0 Å². The SMILES string of the molecule is COc1ccc(S(=O)(=O)N[C@@H](C)C(=O)Nc2ccc(OCC(N)=O)cc2)cc1. The molecule has 2 aromatic rings. The van der Waals surface area contributed by atoms with E-state index < -0.39 is 27.9 Å². The van der Waals surface area contributed by atoms with Crippen LogP contribution in [-0.4, -0.2) is 40.0 Å². The number of rotatable bonds is 9. The lowest BCUT2D eigenvalue weighted by Gasteiger charge is -2.15. The van der Waals surface area contributed by atoms with E-state index >= 15 is 0 Å². The number of nitrogens with one attached hydrogen (secondary N) is 2. The fourth-order valence-electron chi connectivity index (χ4n) is 2.15. The number of primary amides is 1. The number of carbonyl (C=O) groups excluding carboxylic acids is 2. The maximum atomic E-state index is 12.4. The quantitative estimate of drug-likeness (QED) is 0.564. The minimum absolute atomic E-state index is 0.0175. The minimum Gasteiger partial charge on any atom is -0.497 e. The van der Waals surface area contributed by atoms with Gasteiger partial charge >= 0.3 is 0 Å². The highest BCUT2D eigenvalue weighted by atomic mass is 32.2. The molecule has 0 spiro atoms. The van der Waals surface area contributed by atoms with Gasteiger partial charge in [0.25, 0.3) is 5.91 Å². The summed E-state index contributed by atoms with van der Waals surface area (Å²) in [6, 6.07) is 11.0. The molecule has 0 aliphatic carbocycles. The molecule has 4 N–H and O–H groups in total. The summed E-state index contributed by atoms with van der Waals surface area (Å²) < 4.78 is 37.2. The molecule has 150 valence electrons. The predicted molar refractivity (Wildman–Crippen MR) is 103 cm³/mol. The molecule has 0 saturated heterocycles. The van der Waals surface area contributed by atoms with E-state index in [4.69, 9.17) is 15.2 Å². The summed E-state index contributed by atoms with van der Waals surface area (Å²) in [5.41, 5.74) is 5.43. The Hall–Kier alpha value is -3.11. The third kappa shape index (κ3) is 5.96. The zero-order valence-corrected chi connectivity index (χ0v) is 16.2. The van der Waals surface area contributed by atoms with Gasteiger partial charge in [0.15, 0.2) is 6.61 Å². The molecule has 9 nitrogen and oxygen atoms in total. The van der Waals surface area contributed by atoms with Crippen molar-refractivity contribution in [1.29, 1.82) is 0 Å². The number of carbonyl (C=O) groups is 2. The third-order valence-electron chi connectivity index (χ3n) is 3.60. The largest absolute Gasteiger partial charge is 0.497 e. The minimum atomic E-state index is -3.87. The first-order valence-electron chi connectivity index (χ1n) is 8.19. The van der Waals surface area contributed by atoms with Crippen LogP contribution in [0.2, 0.25) is 0 Å². The average molecular weight is 407 g/mol. The second kappa shape index (κ2) is 9.20. The molecule has 2 rings (SSSR count). The van der Waals surface area contributed by atoms with E-state index in [-0.39, 0.29) is 11.5 Å². The summed E-state index contributed by atoms with van der Waals surface area (Å²) in [4.78, 5) is 23.0. The molecule has 0 saturated carbocycles. The molecule has 1 atom stereocenters. The second-order valence-electron chi connectivity index (χ2n) is 5.79. The van der Waals surface area contributed by atoms with E-state index in [1.807, 2.05) is 0 Å². The Balaban J connectivity index is 1.96. The zero-order valence-electron chi connectivity index (χ0n) is 15.3. The summed E-state index contributed by atoms with van der Waals surface area (Å²) in [7, 11) is -2.40. The van der Waals surface area contributed by atoms with Gasteiger partial charge in [0.05, 0.1) is 18.0 Å². The summed E-state index contributed by atoms with van der Waals surface area (Å²) in [5, 5.41) is 2.59. The van der Waals surface area contributed by atoms with Crippen molar-refractivity contribution in [2.45, 2.75) is 17.9 Å². The highest BCUT2D eigenvalue weighted by molar-refractivity contribution is 7.89. The number of methoxy groups -OCH3 is 1. The molecule has 0 unspecified atom stereocenters. The van der Waals surface area contributed by atoms with Crippen LogP contribution in [0.15, 0.2) is 53.4 Å². The average Bonchev–Trinajstić information content (AvgIpc) is 2.67. The van der Waals surface area contributed by atoms with Crippen molar-refractivity contribution in [3.05, 3.63) is 48.5 Å². The monoisotopic (exact) mass is 407 g/mol. The molecule has 28 heavy (non-hydrogen) atoms. The van der Waals surface area contributed by atoms with Crippen LogP contribution in [0.25, 0.3) is 0 Å². The van der Waals surface area contributed by atoms with Gasteiger partial charge in [-0.2, -0.15) is 4.72 Å². The molecule has 0 aliphatic rings. The van der Waals surface area contributed by atoms with Gasteiger partial charge in [-0.1, -0.05) is 0 Å². The number of hydrogen-bond acceptors (Lipinski definition) is 6. The Kier molecular flexibility index (Phi) is 6.96. The first kappa shape index (κ1) is 21.2. The van der Waals surface area contributed by atoms with Gasteiger partial charge in [-0.15, -0.1) is 0 Å². The number of hydrogen-bond donors (Lipinski definition) is 3. The topological polar surface area (TPSA) is 137 Å². The highest BCUT2D eigenvalue weighted by Crippen LogP contribution is 2.17. The lowest BCUT2D eigenvalue weighted by Crippen LogP contribution is -2.41. The Labute approximate surface area is 162 Å². The van der Waals surface area contributed by atoms with Crippen LogP contribution in [0, 0.1) is 0 Å². The highest BCUT2D eigenvalue weighted by Gasteiger charge is 2.22. The number of sulfonamides is 1. The van der Waals surface area contributed by atoms with Crippen molar-refractivity contribution in [3.8, 4) is 11.5 Å². The van der Waals surface area contributed by atoms with E-state index in [1.165, 1.54) is 38.3 Å². The Morgan fingerprint density at radius 3 is 2.14 bits per heavy atom. The normalized spacial score (nSPS) is 12.1. The fourth-order valence-corrected chi connectivity index (χ4v) is 3.35. The van der Waals surface area contributed by atoms with Crippen molar-refractivity contribution in [2.75, 3.05) is 19.0 Å². The first-order chi connectivity index (χ1) is 13.2. The molecule has 2 aromatic carbocycles. The van der Waals surface area contributed by atoms with Crippen LogP contribution >= 0.6 is 0 Å². The first-order valence-corrected chi connectivity index (χ1v) is 9.68. The lowest BCUT2D eigenvalue weighted by molar-refractivity contribution is -0.120. The number of ether oxygens (including phenoxy) is 2. The summed E-state index contributed by atoms with van der Waals surface area (Å²) in [5.74, 6) is -0.212. The maximum Gasteiger partial charge on any atom is 0.255 e. The number of benzene rings is 2. The van der Waals surface area contributed by atoms with Crippen LogP contribution < -0.4 is 25.2 Å². The molecule has 0 heterocycles. The summed E-state index contributed by atoms with van der Waals surface area (Å²) >= 11 is 0. The fraction of sp³-hybridized carbons (Fsp3) is 0.222. The van der Waals surface area contributed by atoms with Crippen molar-refractivity contribution < 1.29 is 27.5 Å². The van der Waals surface area contributed by atoms with Gasteiger partial charge in [-0.25, -0.2) is 8.42 Å². The number of anilines is 1. The standard InChI is InChI=1S/C18H21N3O6S/c1-12(21-28(24,25)16-9-7-14(26-2)8-10-16)18(23)20-13-3-5-15(6-4-13)27-11-17(19)22/h3-10,12,21H,11H2,1-2H3,(H2,19,22)(H,20,23)/t12-/m0/s1. The van der Waals surface area contributed by atoms with E-state index in [9.17, 15) is 18.0 Å². The van der Waals surface area contributed by atoms with Gasteiger partial charge in [-0.05, 0) is 55.5 Å². The van der Waals surface area contributed by atoms with Crippen molar-refractivity contribution in [3.63, 3.8) is 0 Å². The van der Waals surface area contributed by atoms with E-state index in [0.29, 0.717) is 17.2 Å². The van der Waals surface area contributed by atoms with Gasteiger partial charge < -0.3 is 20.5 Å². The maximum absolute atomic E-state index is 12.4. The van der Waals surface area contributed by atoms with E-state index in [2.05, 4.69) is 10.0 Å². The smallest absolute Gasteiger partial charge is 0.255 e. The van der Waals surface area contributed by atoms with Crippen molar-refractivity contribution >= 4 is 27.5 Å². The molecule has 10 heteroatoms. The summed E-state index contributed by atoms with van der Waals surface area (Å²) in [6.45, 7) is 1.18. The van der Waals surface area contributed by atoms with Crippen molar-refractivity contribution in [1.82, 2.24) is 4.72 Å². The third-order valence-corrected chi connectivity index (χ3v) is 5.15. The van der Waals surface area contributed by atoms with Crippen LogP contribution in [0.4, 0.5) is 5.69 Å². The number of nitrogens with two attached hydrogens (primary N) is 1. The van der Waals surface area contributed by atoms with Crippen LogP contribution in [0.3, 0.4) is 0 Å². The molecule has 0 aliphatic heterocycles. The molecular formula is C18H21N3O6S. The molecule has 0 radical (unpaired) electrons. The second-order valence-corrected chi connectivity index (χ2v) is 7.50. The van der Waals surface area contributed by atoms with Crippen LogP contribution in [0.1, 0.15) is 6.92 Å². The van der Waals surface area contributed by atoms with Crippen LogP contribution in [0.5, 0.6) is 11.5 Å². The Morgan fingerprint density at radius 2 is 1.61 bits per heavy atom. The van der Waals surface area contributed by atoms with Gasteiger partial charge in [-0.3, -0.25) is 9.59 Å². The molecule has 0 aromatic heterocycles. The molecule has 0 bridgehead atoms. The molecular weight excluding hydrogens is 386 g/mol. The summed E-state index contributed by atoms with van der Waals surface area (Å²) in [6.07, 6.45) is 0. The van der Waals surface area contributed by atoms with Gasteiger partial charge in [0.1, 0.15) is 11.5 Å². The Morgan fingerprint density at radius 1 is 1.04 bits per heavy atom. The number of amides is 2. The van der Waals surface area contributed by atoms with Crippen molar-refractivity contribution in [2.24, 2.45) is 5.73 Å². The molecule has 0 fully saturated rings. The van der Waals surface area contributed by atoms with Crippen LogP contribution in [-0.2, 0) is 19.6 Å². The zero-order chi connectivity index (χ0) is 20.7. The van der Waals surface area contributed by atoms with E-state index in [1.54, 1.807) is 24.3 Å². The van der Waals surface area contributed by atoms with Gasteiger partial charge in [0, 0.05) is 5.69 Å². The Bertz CT molecular complexity index is 927. The van der Waals surface area contributed by atoms with Gasteiger partial charge in [0.2, 0.25) is 15.9 Å². The lowest BCUT2D eigenvalue weighted by atomic mass is 10.2. The molecule has 2 amide bonds.